The molecule has 0 bridgehead atoms. The second kappa shape index (κ2) is 6.28. The Hall–Kier alpha value is -2.53. The Balaban J connectivity index is 1.89. The van der Waals surface area contributed by atoms with Crippen molar-refractivity contribution in [3.05, 3.63) is 48.8 Å². The molecule has 0 saturated carbocycles. The van der Waals surface area contributed by atoms with E-state index < -0.39 is 0 Å². The van der Waals surface area contributed by atoms with Gasteiger partial charge in [-0.2, -0.15) is 0 Å². The smallest absolute Gasteiger partial charge is 0.223 e. The highest BCUT2D eigenvalue weighted by molar-refractivity contribution is 5.82. The summed E-state index contributed by atoms with van der Waals surface area (Å²) in [5.41, 5.74) is 8.30. The Morgan fingerprint density at radius 1 is 1.10 bits per heavy atom. The number of anilines is 1. The van der Waals surface area contributed by atoms with Crippen LogP contribution in [0.25, 0.3) is 22.2 Å². The molecule has 0 saturated heterocycles. The molecule has 2 aromatic heterocycles. The number of para-hydroxylation sites is 1. The van der Waals surface area contributed by atoms with Crippen molar-refractivity contribution in [1.82, 2.24) is 15.0 Å². The Kier molecular flexibility index (Phi) is 4.02. The summed E-state index contributed by atoms with van der Waals surface area (Å²) in [5.74, 6) is 0.620. The molecule has 106 valence electrons. The SMILES string of the molecule is NCCCNc1nccc(-c2cnc3ccccc3c2)n1. The van der Waals surface area contributed by atoms with Gasteiger partial charge in [0.15, 0.2) is 0 Å². The molecule has 0 unspecified atom stereocenters. The summed E-state index contributed by atoms with van der Waals surface area (Å²) in [6, 6.07) is 12.0. The van der Waals surface area contributed by atoms with Crippen molar-refractivity contribution in [3.8, 4) is 11.3 Å². The molecule has 0 spiro atoms. The molecule has 21 heavy (non-hydrogen) atoms. The van der Waals surface area contributed by atoms with Gasteiger partial charge in [0.05, 0.1) is 11.2 Å². The molecule has 0 fully saturated rings. The van der Waals surface area contributed by atoms with Crippen molar-refractivity contribution in [3.63, 3.8) is 0 Å². The van der Waals surface area contributed by atoms with Crippen LogP contribution in [-0.2, 0) is 0 Å². The Morgan fingerprint density at radius 3 is 2.90 bits per heavy atom. The van der Waals surface area contributed by atoms with Crippen LogP contribution < -0.4 is 11.1 Å². The third-order valence-corrected chi connectivity index (χ3v) is 3.21. The van der Waals surface area contributed by atoms with Gasteiger partial charge in [0, 0.05) is 29.9 Å². The molecule has 0 aliphatic carbocycles. The number of benzene rings is 1. The van der Waals surface area contributed by atoms with Gasteiger partial charge in [-0.1, -0.05) is 18.2 Å². The average molecular weight is 279 g/mol. The number of rotatable bonds is 5. The fraction of sp³-hybridized carbons (Fsp3) is 0.188. The van der Waals surface area contributed by atoms with Gasteiger partial charge in [-0.15, -0.1) is 0 Å². The van der Waals surface area contributed by atoms with E-state index in [0.717, 1.165) is 35.1 Å². The van der Waals surface area contributed by atoms with Crippen molar-refractivity contribution in [1.29, 1.82) is 0 Å². The minimum absolute atomic E-state index is 0.620. The van der Waals surface area contributed by atoms with E-state index in [2.05, 4.69) is 26.3 Å². The second-order valence-electron chi connectivity index (χ2n) is 4.75. The van der Waals surface area contributed by atoms with Crippen molar-refractivity contribution in [2.45, 2.75) is 6.42 Å². The summed E-state index contributed by atoms with van der Waals surface area (Å²) < 4.78 is 0. The second-order valence-corrected chi connectivity index (χ2v) is 4.75. The highest BCUT2D eigenvalue weighted by Gasteiger charge is 2.04. The van der Waals surface area contributed by atoms with E-state index in [9.17, 15) is 0 Å². The molecule has 0 radical (unpaired) electrons. The van der Waals surface area contributed by atoms with Gasteiger partial charge in [-0.25, -0.2) is 9.97 Å². The lowest BCUT2D eigenvalue weighted by Gasteiger charge is -2.06. The van der Waals surface area contributed by atoms with Gasteiger partial charge in [-0.3, -0.25) is 4.98 Å². The van der Waals surface area contributed by atoms with Crippen LogP contribution in [0.2, 0.25) is 0 Å². The van der Waals surface area contributed by atoms with Crippen LogP contribution in [-0.4, -0.2) is 28.0 Å². The predicted octanol–water partition coefficient (Wildman–Crippen LogP) is 2.45. The molecule has 3 N–H and O–H groups in total. The fourth-order valence-electron chi connectivity index (χ4n) is 2.12. The topological polar surface area (TPSA) is 76.7 Å². The largest absolute Gasteiger partial charge is 0.354 e. The molecule has 0 atom stereocenters. The van der Waals surface area contributed by atoms with Crippen LogP contribution in [0.4, 0.5) is 5.95 Å². The number of hydrogen-bond acceptors (Lipinski definition) is 5. The molecule has 3 rings (SSSR count). The van der Waals surface area contributed by atoms with Crippen LogP contribution in [0.15, 0.2) is 48.8 Å². The van der Waals surface area contributed by atoms with Crippen molar-refractivity contribution < 1.29 is 0 Å². The molecule has 0 aliphatic rings. The number of pyridine rings is 1. The summed E-state index contributed by atoms with van der Waals surface area (Å²) in [4.78, 5) is 13.2. The Labute approximate surface area is 123 Å². The number of hydrogen-bond donors (Lipinski definition) is 2. The van der Waals surface area contributed by atoms with Crippen molar-refractivity contribution >= 4 is 16.9 Å². The zero-order valence-corrected chi connectivity index (χ0v) is 11.7. The first-order chi connectivity index (χ1) is 10.4. The summed E-state index contributed by atoms with van der Waals surface area (Å²) in [6.07, 6.45) is 4.49. The van der Waals surface area contributed by atoms with Crippen molar-refractivity contribution in [2.75, 3.05) is 18.4 Å². The minimum Gasteiger partial charge on any atom is -0.354 e. The average Bonchev–Trinajstić information content (AvgIpc) is 2.55. The van der Waals surface area contributed by atoms with E-state index in [1.54, 1.807) is 6.20 Å². The van der Waals surface area contributed by atoms with Crippen LogP contribution >= 0.6 is 0 Å². The first-order valence-corrected chi connectivity index (χ1v) is 6.99. The van der Waals surface area contributed by atoms with Crippen LogP contribution in [0.5, 0.6) is 0 Å². The van der Waals surface area contributed by atoms with E-state index in [1.165, 1.54) is 0 Å². The van der Waals surface area contributed by atoms with Crippen LogP contribution in [0, 0.1) is 0 Å². The van der Waals surface area contributed by atoms with E-state index in [1.807, 2.05) is 36.5 Å². The molecule has 1 aromatic carbocycles. The summed E-state index contributed by atoms with van der Waals surface area (Å²) in [6.45, 7) is 1.43. The summed E-state index contributed by atoms with van der Waals surface area (Å²) >= 11 is 0. The minimum atomic E-state index is 0.620. The maximum absolute atomic E-state index is 5.48. The van der Waals surface area contributed by atoms with Crippen molar-refractivity contribution in [2.24, 2.45) is 5.73 Å². The van der Waals surface area contributed by atoms with Crippen LogP contribution in [0.1, 0.15) is 6.42 Å². The highest BCUT2D eigenvalue weighted by Crippen LogP contribution is 2.21. The number of nitrogens with one attached hydrogen (secondary N) is 1. The quantitative estimate of drug-likeness (QED) is 0.701. The van der Waals surface area contributed by atoms with E-state index >= 15 is 0 Å². The lowest BCUT2D eigenvalue weighted by molar-refractivity contribution is 0.864. The Bertz CT molecular complexity index is 741. The monoisotopic (exact) mass is 279 g/mol. The molecule has 3 aromatic rings. The summed E-state index contributed by atoms with van der Waals surface area (Å²) in [5, 5.41) is 4.27. The van der Waals surface area contributed by atoms with Gasteiger partial charge < -0.3 is 11.1 Å². The molecule has 2 heterocycles. The normalized spacial score (nSPS) is 10.7. The molecular formula is C16H17N5. The van der Waals surface area contributed by atoms with Crippen LogP contribution in [0.3, 0.4) is 0 Å². The van der Waals surface area contributed by atoms with Gasteiger partial charge >= 0.3 is 0 Å². The molecular weight excluding hydrogens is 262 g/mol. The number of nitrogens with two attached hydrogens (primary N) is 1. The standard InChI is InChI=1S/C16H17N5/c17-7-3-8-18-16-19-9-6-15(21-16)13-10-12-4-1-2-5-14(12)20-11-13/h1-2,4-6,9-11H,3,7-8,17H2,(H,18,19,21). The fourth-order valence-corrected chi connectivity index (χ4v) is 2.12. The van der Waals surface area contributed by atoms with E-state index in [4.69, 9.17) is 5.73 Å². The summed E-state index contributed by atoms with van der Waals surface area (Å²) in [7, 11) is 0. The highest BCUT2D eigenvalue weighted by atomic mass is 15.1. The van der Waals surface area contributed by atoms with E-state index in [-0.39, 0.29) is 0 Å². The number of fused-ring (bicyclic) bond motifs is 1. The lowest BCUT2D eigenvalue weighted by Crippen LogP contribution is -2.10. The molecule has 5 nitrogen and oxygen atoms in total. The first kappa shape index (κ1) is 13.5. The number of aromatic nitrogens is 3. The third kappa shape index (κ3) is 3.14. The first-order valence-electron chi connectivity index (χ1n) is 6.99. The van der Waals surface area contributed by atoms with Gasteiger partial charge in [0.25, 0.3) is 0 Å². The molecule has 5 heteroatoms. The van der Waals surface area contributed by atoms with Gasteiger partial charge in [-0.05, 0) is 31.2 Å². The van der Waals surface area contributed by atoms with Gasteiger partial charge in [0.1, 0.15) is 0 Å². The molecule has 0 amide bonds. The molecule has 0 aliphatic heterocycles. The predicted molar refractivity (Wildman–Crippen MR) is 84.9 cm³/mol. The third-order valence-electron chi connectivity index (χ3n) is 3.21. The zero-order chi connectivity index (χ0) is 14.5. The Morgan fingerprint density at radius 2 is 2.00 bits per heavy atom. The maximum Gasteiger partial charge on any atom is 0.223 e. The van der Waals surface area contributed by atoms with E-state index in [0.29, 0.717) is 12.5 Å². The lowest BCUT2D eigenvalue weighted by atomic mass is 10.1. The zero-order valence-electron chi connectivity index (χ0n) is 11.7. The van der Waals surface area contributed by atoms with Gasteiger partial charge in [0.2, 0.25) is 5.95 Å². The maximum atomic E-state index is 5.48. The number of nitrogens with zero attached hydrogens (tertiary/aromatic N) is 3.